The molecule has 1 aliphatic heterocycles. The smallest absolute Gasteiger partial charge is 0.246 e. The minimum atomic E-state index is -0.260. The Morgan fingerprint density at radius 2 is 2.00 bits per heavy atom. The Balaban J connectivity index is 1.79. The zero-order valence-corrected chi connectivity index (χ0v) is 14.8. The standard InChI is InChI=1S/C20H25FN2O2/c1-3-4-5-6-19(24)23-11-9-17(10-12-23)20(25)22-14-16-8-7-15(2)18(21)13-16/h3-8,13,17H,9-12,14H2,1-2H3,(H,22,25)/b4-3+,6-5+. The molecule has 0 spiro atoms. The molecule has 1 aromatic carbocycles. The Kier molecular flexibility index (Phi) is 6.92. The van der Waals surface area contributed by atoms with Gasteiger partial charge in [0.15, 0.2) is 0 Å². The van der Waals surface area contributed by atoms with Gasteiger partial charge in [0, 0.05) is 31.6 Å². The summed E-state index contributed by atoms with van der Waals surface area (Å²) in [5, 5.41) is 2.87. The maximum atomic E-state index is 13.5. The molecule has 4 nitrogen and oxygen atoms in total. The third-order valence-electron chi connectivity index (χ3n) is 4.42. The fraction of sp³-hybridized carbons (Fsp3) is 0.400. The first kappa shape index (κ1) is 18.9. The van der Waals surface area contributed by atoms with Crippen LogP contribution in [0, 0.1) is 18.7 Å². The van der Waals surface area contributed by atoms with Gasteiger partial charge in [-0.25, -0.2) is 4.39 Å². The van der Waals surface area contributed by atoms with Crippen molar-refractivity contribution in [1.82, 2.24) is 10.2 Å². The van der Waals surface area contributed by atoms with Crippen LogP contribution in [0.2, 0.25) is 0 Å². The summed E-state index contributed by atoms with van der Waals surface area (Å²) in [5.41, 5.74) is 1.34. The lowest BCUT2D eigenvalue weighted by molar-refractivity contribution is -0.132. The SMILES string of the molecule is C/C=C/C=C/C(=O)N1CCC(C(=O)NCc2ccc(C)c(F)c2)CC1. The van der Waals surface area contributed by atoms with Crippen molar-refractivity contribution in [2.75, 3.05) is 13.1 Å². The van der Waals surface area contributed by atoms with Gasteiger partial charge in [0.2, 0.25) is 11.8 Å². The van der Waals surface area contributed by atoms with Crippen molar-refractivity contribution in [3.63, 3.8) is 0 Å². The summed E-state index contributed by atoms with van der Waals surface area (Å²) in [5.74, 6) is -0.409. The largest absolute Gasteiger partial charge is 0.352 e. The summed E-state index contributed by atoms with van der Waals surface area (Å²) < 4.78 is 13.5. The molecule has 1 aromatic rings. The van der Waals surface area contributed by atoms with Crippen molar-refractivity contribution in [2.45, 2.75) is 33.2 Å². The van der Waals surface area contributed by atoms with E-state index in [1.165, 1.54) is 6.07 Å². The summed E-state index contributed by atoms with van der Waals surface area (Å²) in [6.45, 7) is 5.08. The third-order valence-corrected chi connectivity index (χ3v) is 4.42. The predicted octanol–water partition coefficient (Wildman–Crippen LogP) is 3.12. The van der Waals surface area contributed by atoms with Crippen molar-refractivity contribution in [3.05, 3.63) is 59.4 Å². The van der Waals surface area contributed by atoms with Gasteiger partial charge in [0.05, 0.1) is 0 Å². The van der Waals surface area contributed by atoms with Crippen LogP contribution in [0.4, 0.5) is 4.39 Å². The molecule has 2 rings (SSSR count). The summed E-state index contributed by atoms with van der Waals surface area (Å²) in [6.07, 6.45) is 8.25. The molecule has 1 heterocycles. The molecule has 1 N–H and O–H groups in total. The molecular formula is C20H25FN2O2. The third kappa shape index (κ3) is 5.55. The van der Waals surface area contributed by atoms with Crippen LogP contribution in [-0.2, 0) is 16.1 Å². The lowest BCUT2D eigenvalue weighted by atomic mass is 9.95. The highest BCUT2D eigenvalue weighted by atomic mass is 19.1. The maximum absolute atomic E-state index is 13.5. The van der Waals surface area contributed by atoms with Gasteiger partial charge >= 0.3 is 0 Å². The molecule has 0 unspecified atom stereocenters. The molecule has 134 valence electrons. The van der Waals surface area contributed by atoms with Crippen LogP contribution in [-0.4, -0.2) is 29.8 Å². The first-order valence-electron chi connectivity index (χ1n) is 8.62. The van der Waals surface area contributed by atoms with E-state index in [2.05, 4.69) is 5.32 Å². The highest BCUT2D eigenvalue weighted by molar-refractivity contribution is 5.88. The fourth-order valence-corrected chi connectivity index (χ4v) is 2.80. The van der Waals surface area contributed by atoms with E-state index >= 15 is 0 Å². The van der Waals surface area contributed by atoms with Gasteiger partial charge in [0.25, 0.3) is 0 Å². The van der Waals surface area contributed by atoms with Crippen molar-refractivity contribution in [2.24, 2.45) is 5.92 Å². The summed E-state index contributed by atoms with van der Waals surface area (Å²) in [6, 6.07) is 4.98. The first-order valence-corrected chi connectivity index (χ1v) is 8.62. The Labute approximate surface area is 148 Å². The topological polar surface area (TPSA) is 49.4 Å². The van der Waals surface area contributed by atoms with E-state index in [4.69, 9.17) is 0 Å². The number of nitrogens with zero attached hydrogens (tertiary/aromatic N) is 1. The number of rotatable bonds is 5. The van der Waals surface area contributed by atoms with E-state index in [0.717, 1.165) is 5.56 Å². The van der Waals surface area contributed by atoms with Crippen molar-refractivity contribution in [1.29, 1.82) is 0 Å². The summed E-state index contributed by atoms with van der Waals surface area (Å²) >= 11 is 0. The Bertz CT molecular complexity index is 674. The number of amides is 2. The lowest BCUT2D eigenvalue weighted by Crippen LogP contribution is -2.42. The first-order chi connectivity index (χ1) is 12.0. The monoisotopic (exact) mass is 344 g/mol. The number of nitrogens with one attached hydrogen (secondary N) is 1. The van der Waals surface area contributed by atoms with Crippen LogP contribution in [0.15, 0.2) is 42.5 Å². The molecule has 0 bridgehead atoms. The number of likely N-dealkylation sites (tertiary alicyclic amines) is 1. The molecule has 2 amide bonds. The van der Waals surface area contributed by atoms with E-state index in [9.17, 15) is 14.0 Å². The second kappa shape index (κ2) is 9.16. The number of aryl methyl sites for hydroxylation is 1. The van der Waals surface area contributed by atoms with Gasteiger partial charge < -0.3 is 10.2 Å². The number of piperidine rings is 1. The summed E-state index contributed by atoms with van der Waals surface area (Å²) in [7, 11) is 0. The molecule has 0 radical (unpaired) electrons. The fourth-order valence-electron chi connectivity index (χ4n) is 2.80. The molecule has 25 heavy (non-hydrogen) atoms. The molecular weight excluding hydrogens is 319 g/mol. The molecule has 0 saturated carbocycles. The van der Waals surface area contributed by atoms with E-state index in [0.29, 0.717) is 38.0 Å². The van der Waals surface area contributed by atoms with E-state index in [1.54, 1.807) is 30.0 Å². The van der Waals surface area contributed by atoms with Gasteiger partial charge in [-0.1, -0.05) is 30.4 Å². The summed E-state index contributed by atoms with van der Waals surface area (Å²) in [4.78, 5) is 26.0. The molecule has 0 aliphatic carbocycles. The van der Waals surface area contributed by atoms with Crippen molar-refractivity contribution < 1.29 is 14.0 Å². The maximum Gasteiger partial charge on any atom is 0.246 e. The Hall–Kier alpha value is -2.43. The van der Waals surface area contributed by atoms with Crippen LogP contribution < -0.4 is 5.32 Å². The number of hydrogen-bond donors (Lipinski definition) is 1. The number of carbonyl (C=O) groups excluding carboxylic acids is 2. The lowest BCUT2D eigenvalue weighted by Gasteiger charge is -2.30. The zero-order chi connectivity index (χ0) is 18.2. The number of benzene rings is 1. The van der Waals surface area contributed by atoms with Gasteiger partial charge in [-0.05, 0) is 43.9 Å². The van der Waals surface area contributed by atoms with Crippen LogP contribution >= 0.6 is 0 Å². The highest BCUT2D eigenvalue weighted by Gasteiger charge is 2.26. The minimum absolute atomic E-state index is 0.0212. The second-order valence-corrected chi connectivity index (χ2v) is 6.29. The molecule has 0 aromatic heterocycles. The quantitative estimate of drug-likeness (QED) is 0.659. The second-order valence-electron chi connectivity index (χ2n) is 6.29. The minimum Gasteiger partial charge on any atom is -0.352 e. The molecule has 5 heteroatoms. The Morgan fingerprint density at radius 1 is 1.28 bits per heavy atom. The van der Waals surface area contributed by atoms with Crippen molar-refractivity contribution in [3.8, 4) is 0 Å². The van der Waals surface area contributed by atoms with Crippen LogP contribution in [0.1, 0.15) is 30.9 Å². The number of allylic oxidation sites excluding steroid dienone is 3. The van der Waals surface area contributed by atoms with Crippen LogP contribution in [0.5, 0.6) is 0 Å². The van der Waals surface area contributed by atoms with Gasteiger partial charge in [-0.2, -0.15) is 0 Å². The number of carbonyl (C=O) groups is 2. The predicted molar refractivity (Wildman–Crippen MR) is 96.2 cm³/mol. The molecule has 1 saturated heterocycles. The van der Waals surface area contributed by atoms with Crippen molar-refractivity contribution >= 4 is 11.8 Å². The molecule has 1 aliphatic rings. The number of hydrogen-bond acceptors (Lipinski definition) is 2. The van der Waals surface area contributed by atoms with Gasteiger partial charge in [0.1, 0.15) is 5.82 Å². The van der Waals surface area contributed by atoms with Crippen LogP contribution in [0.25, 0.3) is 0 Å². The normalized spacial score (nSPS) is 15.9. The van der Waals surface area contributed by atoms with Gasteiger partial charge in [-0.3, -0.25) is 9.59 Å². The van der Waals surface area contributed by atoms with E-state index < -0.39 is 0 Å². The average molecular weight is 344 g/mol. The Morgan fingerprint density at radius 3 is 2.64 bits per heavy atom. The average Bonchev–Trinajstić information content (AvgIpc) is 2.62. The zero-order valence-electron chi connectivity index (χ0n) is 14.8. The molecule has 0 atom stereocenters. The van der Waals surface area contributed by atoms with Gasteiger partial charge in [-0.15, -0.1) is 0 Å². The van der Waals surface area contributed by atoms with E-state index in [1.807, 2.05) is 25.1 Å². The molecule has 1 fully saturated rings. The van der Waals surface area contributed by atoms with Crippen LogP contribution in [0.3, 0.4) is 0 Å². The van der Waals surface area contributed by atoms with E-state index in [-0.39, 0.29) is 23.5 Å². The number of halogens is 1. The highest BCUT2D eigenvalue weighted by Crippen LogP contribution is 2.18.